The van der Waals surface area contributed by atoms with Gasteiger partial charge in [0.25, 0.3) is 17.5 Å². The Morgan fingerprint density at radius 1 is 1.07 bits per heavy atom. The smallest absolute Gasteiger partial charge is 0.294 e. The summed E-state index contributed by atoms with van der Waals surface area (Å²) in [7, 11) is 0. The van der Waals surface area contributed by atoms with Crippen LogP contribution < -0.4 is 5.32 Å². The van der Waals surface area contributed by atoms with E-state index in [1.165, 1.54) is 6.07 Å². The van der Waals surface area contributed by atoms with Gasteiger partial charge in [-0.2, -0.15) is 0 Å². The van der Waals surface area contributed by atoms with Crippen LogP contribution in [0.2, 0.25) is 5.02 Å². The van der Waals surface area contributed by atoms with E-state index in [9.17, 15) is 19.7 Å². The summed E-state index contributed by atoms with van der Waals surface area (Å²) in [5, 5.41) is 16.2. The van der Waals surface area contributed by atoms with Gasteiger partial charge in [-0.3, -0.25) is 24.6 Å². The first-order chi connectivity index (χ1) is 13.4. The molecule has 0 fully saturated rings. The fourth-order valence-corrected chi connectivity index (χ4v) is 3.57. The molecule has 1 N–H and O–H groups in total. The summed E-state index contributed by atoms with van der Waals surface area (Å²) in [4.78, 5) is 37.8. The maximum Gasteiger partial charge on any atom is 0.294 e. The van der Waals surface area contributed by atoms with Crippen molar-refractivity contribution in [2.75, 3.05) is 11.9 Å². The number of carbonyl (C=O) groups excluding carboxylic acids is 2. The molecule has 0 aliphatic carbocycles. The van der Waals surface area contributed by atoms with Crippen LogP contribution in [0.3, 0.4) is 0 Å². The molecule has 3 aromatic rings. The van der Waals surface area contributed by atoms with Gasteiger partial charge in [0.15, 0.2) is 0 Å². The number of nitrogens with one attached hydrogen (secondary N) is 1. The molecule has 1 aliphatic heterocycles. The average Bonchev–Trinajstić information content (AvgIpc) is 2.68. The molecule has 1 aliphatic rings. The van der Waals surface area contributed by atoms with Crippen molar-refractivity contribution in [3.05, 3.63) is 74.8 Å². The highest BCUT2D eigenvalue weighted by Gasteiger charge is 2.35. The van der Waals surface area contributed by atoms with Crippen molar-refractivity contribution in [1.82, 2.24) is 4.90 Å². The van der Waals surface area contributed by atoms with Crippen LogP contribution >= 0.6 is 11.6 Å². The maximum atomic E-state index is 12.8. The average molecular weight is 396 g/mol. The first kappa shape index (κ1) is 17.9. The molecule has 0 saturated carbocycles. The van der Waals surface area contributed by atoms with E-state index >= 15 is 0 Å². The lowest BCUT2D eigenvalue weighted by Crippen LogP contribution is -2.40. The highest BCUT2D eigenvalue weighted by molar-refractivity contribution is 6.30. The van der Waals surface area contributed by atoms with Crippen LogP contribution in [0, 0.1) is 10.1 Å². The van der Waals surface area contributed by atoms with Crippen LogP contribution in [0.1, 0.15) is 27.6 Å². The Bertz CT molecular complexity index is 1160. The number of nitro benzene ring substituents is 1. The number of benzene rings is 3. The van der Waals surface area contributed by atoms with E-state index in [2.05, 4.69) is 5.32 Å². The minimum Gasteiger partial charge on any atom is -0.349 e. The standard InChI is InChI=1S/C20H14ClN3O4/c1-2-23-19(25)14-5-3-4-13-17(14)15(20(23)26)10-16(24(27)28)18(13)22-12-8-6-11(21)7-9-12/h3-10,22H,2H2,1H3. The van der Waals surface area contributed by atoms with Crippen LogP contribution in [-0.4, -0.2) is 28.2 Å². The third kappa shape index (κ3) is 2.68. The Balaban J connectivity index is 2.02. The number of rotatable bonds is 4. The minimum atomic E-state index is -0.541. The molecule has 8 heteroatoms. The van der Waals surface area contributed by atoms with Gasteiger partial charge in [0, 0.05) is 39.7 Å². The van der Waals surface area contributed by atoms with Gasteiger partial charge in [-0.15, -0.1) is 0 Å². The fourth-order valence-electron chi connectivity index (χ4n) is 3.44. The number of hydrogen-bond acceptors (Lipinski definition) is 5. The number of carbonyl (C=O) groups is 2. The minimum absolute atomic E-state index is 0.153. The predicted octanol–water partition coefficient (Wildman–Crippen LogP) is 4.76. The summed E-state index contributed by atoms with van der Waals surface area (Å²) in [6, 6.07) is 12.9. The van der Waals surface area contributed by atoms with Gasteiger partial charge in [0.2, 0.25) is 0 Å². The number of hydrogen-bond donors (Lipinski definition) is 1. The number of halogens is 1. The lowest BCUT2D eigenvalue weighted by atomic mass is 9.92. The number of anilines is 2. The van der Waals surface area contributed by atoms with Gasteiger partial charge in [0.1, 0.15) is 5.69 Å². The summed E-state index contributed by atoms with van der Waals surface area (Å²) < 4.78 is 0. The quantitative estimate of drug-likeness (QED) is 0.390. The van der Waals surface area contributed by atoms with Gasteiger partial charge in [0.05, 0.1) is 10.5 Å². The molecule has 140 valence electrons. The van der Waals surface area contributed by atoms with Gasteiger partial charge in [-0.1, -0.05) is 23.7 Å². The molecule has 2 amide bonds. The molecule has 3 aromatic carbocycles. The molecule has 0 unspecified atom stereocenters. The lowest BCUT2D eigenvalue weighted by molar-refractivity contribution is -0.383. The largest absolute Gasteiger partial charge is 0.349 e. The van der Waals surface area contributed by atoms with Gasteiger partial charge in [-0.25, -0.2) is 0 Å². The molecule has 0 spiro atoms. The monoisotopic (exact) mass is 395 g/mol. The van der Waals surface area contributed by atoms with Gasteiger partial charge in [-0.05, 0) is 37.3 Å². The Labute approximate surface area is 164 Å². The van der Waals surface area contributed by atoms with E-state index in [1.807, 2.05) is 0 Å². The van der Waals surface area contributed by atoms with Crippen LogP contribution in [0.25, 0.3) is 10.8 Å². The van der Waals surface area contributed by atoms with E-state index < -0.39 is 16.7 Å². The van der Waals surface area contributed by atoms with Crippen molar-refractivity contribution in [2.24, 2.45) is 0 Å². The van der Waals surface area contributed by atoms with Gasteiger partial charge >= 0.3 is 0 Å². The first-order valence-corrected chi connectivity index (χ1v) is 8.93. The van der Waals surface area contributed by atoms with E-state index in [0.717, 1.165) is 4.90 Å². The maximum absolute atomic E-state index is 12.8. The molecule has 7 nitrogen and oxygen atoms in total. The molecule has 0 aromatic heterocycles. The number of nitrogens with zero attached hydrogens (tertiary/aromatic N) is 2. The SMILES string of the molecule is CCN1C(=O)c2cccc3c(Nc4ccc(Cl)cc4)c([N+](=O)[O-])cc(c23)C1=O. The molecule has 0 radical (unpaired) electrons. The topological polar surface area (TPSA) is 92.6 Å². The molecular weight excluding hydrogens is 382 g/mol. The van der Waals surface area contributed by atoms with Crippen LogP contribution in [0.15, 0.2) is 48.5 Å². The van der Waals surface area contributed by atoms with Crippen molar-refractivity contribution < 1.29 is 14.5 Å². The predicted molar refractivity (Wildman–Crippen MR) is 106 cm³/mol. The summed E-state index contributed by atoms with van der Waals surface area (Å²) in [6.45, 7) is 1.87. The van der Waals surface area contributed by atoms with E-state index in [-0.39, 0.29) is 23.5 Å². The van der Waals surface area contributed by atoms with E-state index in [0.29, 0.717) is 27.0 Å². The lowest BCUT2D eigenvalue weighted by Gasteiger charge is -2.26. The highest BCUT2D eigenvalue weighted by Crippen LogP contribution is 2.41. The summed E-state index contributed by atoms with van der Waals surface area (Å²) in [6.07, 6.45) is 0. The summed E-state index contributed by atoms with van der Waals surface area (Å²) >= 11 is 5.90. The summed E-state index contributed by atoms with van der Waals surface area (Å²) in [5.74, 6) is -0.936. The first-order valence-electron chi connectivity index (χ1n) is 8.55. The zero-order valence-corrected chi connectivity index (χ0v) is 15.5. The van der Waals surface area contributed by atoms with Crippen molar-refractivity contribution in [3.63, 3.8) is 0 Å². The Kier molecular flexibility index (Phi) is 4.24. The van der Waals surface area contributed by atoms with Gasteiger partial charge < -0.3 is 5.32 Å². The molecule has 28 heavy (non-hydrogen) atoms. The molecule has 4 rings (SSSR count). The Morgan fingerprint density at radius 2 is 1.75 bits per heavy atom. The molecule has 0 bridgehead atoms. The van der Waals surface area contributed by atoms with Crippen LogP contribution in [0.4, 0.5) is 17.1 Å². The number of amides is 2. The second-order valence-corrected chi connectivity index (χ2v) is 6.73. The molecule has 0 atom stereocenters. The molecule has 1 heterocycles. The number of nitro groups is 1. The third-order valence-corrected chi connectivity index (χ3v) is 4.97. The second-order valence-electron chi connectivity index (χ2n) is 6.29. The van der Waals surface area contributed by atoms with Crippen molar-refractivity contribution >= 4 is 51.2 Å². The Hall–Kier alpha value is -3.45. The fraction of sp³-hybridized carbons (Fsp3) is 0.100. The second kappa shape index (κ2) is 6.61. The van der Waals surface area contributed by atoms with Crippen molar-refractivity contribution in [2.45, 2.75) is 6.92 Å². The van der Waals surface area contributed by atoms with Crippen molar-refractivity contribution in [3.8, 4) is 0 Å². The third-order valence-electron chi connectivity index (χ3n) is 4.72. The molecular formula is C20H14ClN3O4. The van der Waals surface area contributed by atoms with E-state index in [1.54, 1.807) is 49.4 Å². The van der Waals surface area contributed by atoms with E-state index in [4.69, 9.17) is 11.6 Å². The normalized spacial score (nSPS) is 13.1. The van der Waals surface area contributed by atoms with Crippen LogP contribution in [-0.2, 0) is 0 Å². The zero-order chi connectivity index (χ0) is 20.0. The van der Waals surface area contributed by atoms with Crippen LogP contribution in [0.5, 0.6) is 0 Å². The highest BCUT2D eigenvalue weighted by atomic mass is 35.5. The summed E-state index contributed by atoms with van der Waals surface area (Å²) in [5.41, 5.74) is 1.08. The Morgan fingerprint density at radius 3 is 2.39 bits per heavy atom. The zero-order valence-electron chi connectivity index (χ0n) is 14.7. The molecule has 0 saturated heterocycles. The number of imide groups is 1. The van der Waals surface area contributed by atoms with Crippen molar-refractivity contribution in [1.29, 1.82) is 0 Å².